The number of hydrogen-bond acceptors (Lipinski definition) is 10. The van der Waals surface area contributed by atoms with Crippen molar-refractivity contribution >= 4 is 40.5 Å². The van der Waals surface area contributed by atoms with Gasteiger partial charge in [0.25, 0.3) is 5.91 Å². The fourth-order valence-electron chi connectivity index (χ4n) is 10.7. The van der Waals surface area contributed by atoms with Gasteiger partial charge in [0.05, 0.1) is 30.0 Å². The van der Waals surface area contributed by atoms with Crippen LogP contribution in [0.5, 0.6) is 5.75 Å². The van der Waals surface area contributed by atoms with Crippen LogP contribution in [-0.4, -0.2) is 123 Å². The first kappa shape index (κ1) is 48.6. The Morgan fingerprint density at radius 1 is 1.00 bits per heavy atom. The molecule has 4 amide bonds. The van der Waals surface area contributed by atoms with Crippen molar-refractivity contribution < 1.29 is 33.8 Å². The molecule has 4 aliphatic rings. The molecule has 0 aliphatic carbocycles. The van der Waals surface area contributed by atoms with Gasteiger partial charge in [0, 0.05) is 74.3 Å². The standard InChI is InChI=1S/C53H70N8O7/c1-9-60-44-18-17-34-26-39(44)40(47(60)38-15-12-19-54-45(38)31(2)3)27-53(6,7)30-68-52(67)41-16-13-21-61(57-41)51(66)42(24-33-22-36(34)25-37(62)23-33)56-48(63)46(32(4)5)58(8)49(64)35-14-10-11-20-59(29-35)50(65)43-28-55-43/h12,15,17-19,22-23,25-26,31-32,35,41-43,46,55,57,62H,9-11,13-14,16,20-21,24,27-30H2,1-8H3,(H,56,63)/t35-,41-,42-,43+,46-/m0/s1. The molecule has 4 aromatic rings. The van der Waals surface area contributed by atoms with Crippen LogP contribution in [0.2, 0.25) is 0 Å². The quantitative estimate of drug-likeness (QED) is 0.115. The van der Waals surface area contributed by atoms with Gasteiger partial charge >= 0.3 is 5.97 Å². The predicted molar refractivity (Wildman–Crippen MR) is 261 cm³/mol. The van der Waals surface area contributed by atoms with E-state index in [0.29, 0.717) is 57.4 Å². The molecular formula is C53H70N8O7. The highest BCUT2D eigenvalue weighted by Gasteiger charge is 2.41. The van der Waals surface area contributed by atoms with Crippen molar-refractivity contribution in [1.29, 1.82) is 0 Å². The zero-order chi connectivity index (χ0) is 48.6. The Morgan fingerprint density at radius 2 is 1.78 bits per heavy atom. The third kappa shape index (κ3) is 10.3. The van der Waals surface area contributed by atoms with Crippen LogP contribution in [0.3, 0.4) is 0 Å². The number of aryl methyl sites for hydroxylation is 1. The number of ether oxygens (including phenoxy) is 1. The average molecular weight is 931 g/mol. The van der Waals surface area contributed by atoms with Crippen LogP contribution < -0.4 is 16.1 Å². The Hall–Kier alpha value is -5.80. The van der Waals surface area contributed by atoms with Gasteiger partial charge in [0.2, 0.25) is 17.7 Å². The number of amides is 4. The number of hydrogen-bond donors (Lipinski definition) is 4. The summed E-state index contributed by atoms with van der Waals surface area (Å²) in [5, 5.41) is 19.9. The third-order valence-corrected chi connectivity index (χ3v) is 14.2. The van der Waals surface area contributed by atoms with Gasteiger partial charge in [-0.1, -0.05) is 60.1 Å². The average Bonchev–Trinajstić information content (AvgIpc) is 4.15. The number of phenolic OH excluding ortho intramolecular Hbond substituents is 1. The van der Waals surface area contributed by atoms with E-state index in [0.717, 1.165) is 57.4 Å². The number of nitrogens with one attached hydrogen (secondary N) is 3. The van der Waals surface area contributed by atoms with Crippen molar-refractivity contribution in [2.24, 2.45) is 17.3 Å². The SMILES string of the molecule is CCn1c(-c2cccnc2C(C)C)c2c3cc(ccc31)-c1cc(O)cc(c1)C[C@H](NC(=O)[C@H](C(C)C)N(C)C(=O)[C@H]1CCCCN(C(=O)[C@H]3CN3)C1)C(=O)N1CCC[C@H](N1)C(=O)OCC(C)(C)C2. The smallest absolute Gasteiger partial charge is 0.324 e. The fourth-order valence-corrected chi connectivity index (χ4v) is 10.7. The highest BCUT2D eigenvalue weighted by molar-refractivity contribution is 5.96. The van der Waals surface area contributed by atoms with E-state index in [2.05, 4.69) is 73.4 Å². The molecule has 6 bridgehead atoms. The molecule has 4 N–H and O–H groups in total. The molecule has 0 saturated carbocycles. The van der Waals surface area contributed by atoms with Crippen LogP contribution in [0.25, 0.3) is 33.3 Å². The molecule has 0 unspecified atom stereocenters. The van der Waals surface area contributed by atoms with Crippen molar-refractivity contribution in [3.63, 3.8) is 0 Å². The predicted octanol–water partition coefficient (Wildman–Crippen LogP) is 5.95. The number of aromatic nitrogens is 2. The van der Waals surface area contributed by atoms with Crippen LogP contribution in [0, 0.1) is 17.3 Å². The molecule has 8 rings (SSSR count). The first-order valence-electron chi connectivity index (χ1n) is 24.7. The summed E-state index contributed by atoms with van der Waals surface area (Å²) in [5.74, 6) is -2.27. The number of carbonyl (C=O) groups excluding carboxylic acids is 5. The first-order valence-corrected chi connectivity index (χ1v) is 24.7. The van der Waals surface area contributed by atoms with E-state index >= 15 is 0 Å². The van der Waals surface area contributed by atoms with Gasteiger partial charge in [-0.25, -0.2) is 5.43 Å². The summed E-state index contributed by atoms with van der Waals surface area (Å²) in [7, 11) is 1.63. The highest BCUT2D eigenvalue weighted by atomic mass is 16.5. The molecule has 6 heterocycles. The fraction of sp³-hybridized carbons (Fsp3) is 0.547. The maximum absolute atomic E-state index is 14.8. The number of likely N-dealkylation sites (tertiary alicyclic amines) is 1. The summed E-state index contributed by atoms with van der Waals surface area (Å²) in [5.41, 5.74) is 10.1. The summed E-state index contributed by atoms with van der Waals surface area (Å²) in [6, 6.07) is 12.6. The van der Waals surface area contributed by atoms with E-state index in [1.54, 1.807) is 24.1 Å². The van der Waals surface area contributed by atoms with Crippen LogP contribution in [0.1, 0.15) is 103 Å². The first-order chi connectivity index (χ1) is 32.4. The molecule has 3 saturated heterocycles. The number of carbonyl (C=O) groups is 5. The lowest BCUT2D eigenvalue weighted by molar-refractivity contribution is -0.155. The molecule has 4 aliphatic heterocycles. The lowest BCUT2D eigenvalue weighted by atomic mass is 9.83. The molecule has 5 atom stereocenters. The number of benzene rings is 2. The summed E-state index contributed by atoms with van der Waals surface area (Å²) in [4.78, 5) is 79.0. The van der Waals surface area contributed by atoms with Crippen molar-refractivity contribution in [2.75, 3.05) is 39.8 Å². The number of pyridine rings is 1. The van der Waals surface area contributed by atoms with E-state index in [4.69, 9.17) is 9.72 Å². The molecule has 15 nitrogen and oxygen atoms in total. The summed E-state index contributed by atoms with van der Waals surface area (Å²) < 4.78 is 8.47. The van der Waals surface area contributed by atoms with E-state index in [-0.39, 0.29) is 55.0 Å². The molecule has 68 heavy (non-hydrogen) atoms. The van der Waals surface area contributed by atoms with Crippen molar-refractivity contribution in [1.82, 2.24) is 40.4 Å². The van der Waals surface area contributed by atoms with Gasteiger partial charge in [-0.15, -0.1) is 0 Å². The molecular weight excluding hydrogens is 861 g/mol. The monoisotopic (exact) mass is 931 g/mol. The molecule has 0 radical (unpaired) electrons. The summed E-state index contributed by atoms with van der Waals surface area (Å²) >= 11 is 0. The number of hydrazine groups is 1. The third-order valence-electron chi connectivity index (χ3n) is 14.2. The Balaban J connectivity index is 1.17. The Labute approximate surface area is 400 Å². The van der Waals surface area contributed by atoms with Gasteiger partial charge in [-0.3, -0.25) is 34.0 Å². The Morgan fingerprint density at radius 3 is 2.50 bits per heavy atom. The van der Waals surface area contributed by atoms with Crippen LogP contribution in [-0.2, 0) is 48.1 Å². The van der Waals surface area contributed by atoms with E-state index in [1.807, 2.05) is 38.2 Å². The zero-order valence-electron chi connectivity index (χ0n) is 41.1. The van der Waals surface area contributed by atoms with Crippen molar-refractivity contribution in [2.45, 2.75) is 130 Å². The lowest BCUT2D eigenvalue weighted by Crippen LogP contribution is -2.62. The topological polar surface area (TPSA) is 188 Å². The van der Waals surface area contributed by atoms with E-state index in [1.165, 1.54) is 9.91 Å². The highest BCUT2D eigenvalue weighted by Crippen LogP contribution is 2.42. The zero-order valence-corrected chi connectivity index (χ0v) is 41.1. The van der Waals surface area contributed by atoms with E-state index < -0.39 is 47.2 Å². The van der Waals surface area contributed by atoms with Crippen LogP contribution in [0.15, 0.2) is 54.7 Å². The minimum Gasteiger partial charge on any atom is -0.508 e. The maximum Gasteiger partial charge on any atom is 0.324 e. The molecule has 0 spiro atoms. The van der Waals surface area contributed by atoms with Gasteiger partial charge < -0.3 is 34.8 Å². The van der Waals surface area contributed by atoms with Crippen LogP contribution >= 0.6 is 0 Å². The number of nitrogens with zero attached hydrogens (tertiary/aromatic N) is 5. The number of phenols is 1. The number of likely N-dealkylation sites (N-methyl/N-ethyl adjacent to an activating group) is 1. The number of fused-ring (bicyclic) bond motifs is 6. The second-order valence-electron chi connectivity index (χ2n) is 20.9. The van der Waals surface area contributed by atoms with Gasteiger partial charge in [-0.2, -0.15) is 0 Å². The minimum atomic E-state index is -1.15. The lowest BCUT2D eigenvalue weighted by Gasteiger charge is -2.37. The number of cyclic esters (lactones) is 1. The normalized spacial score (nSPS) is 22.6. The van der Waals surface area contributed by atoms with Crippen molar-refractivity contribution in [3.8, 4) is 28.1 Å². The largest absolute Gasteiger partial charge is 0.508 e. The summed E-state index contributed by atoms with van der Waals surface area (Å²) in [6.45, 7) is 17.0. The summed E-state index contributed by atoms with van der Waals surface area (Å²) in [6.07, 6.45) is 5.59. The van der Waals surface area contributed by atoms with Crippen LogP contribution in [0.4, 0.5) is 0 Å². The maximum atomic E-state index is 14.8. The van der Waals surface area contributed by atoms with Gasteiger partial charge in [0.15, 0.2) is 0 Å². The number of aromatic hydroxyl groups is 1. The molecule has 3 fully saturated rings. The molecule has 2 aromatic carbocycles. The Kier molecular flexibility index (Phi) is 14.3. The van der Waals surface area contributed by atoms with Gasteiger partial charge in [-0.05, 0) is 110 Å². The second kappa shape index (κ2) is 20.0. The molecule has 15 heteroatoms. The molecule has 364 valence electrons. The minimum absolute atomic E-state index is 0.00640. The Bertz CT molecular complexity index is 2560. The second-order valence-corrected chi connectivity index (χ2v) is 20.9. The number of esters is 1. The molecule has 2 aromatic heterocycles. The number of rotatable bonds is 9. The van der Waals surface area contributed by atoms with Crippen molar-refractivity contribution in [3.05, 3.63) is 71.5 Å². The van der Waals surface area contributed by atoms with E-state index in [9.17, 15) is 29.1 Å². The van der Waals surface area contributed by atoms with Gasteiger partial charge in [0.1, 0.15) is 23.9 Å².